The summed E-state index contributed by atoms with van der Waals surface area (Å²) in [4.78, 5) is 0. The summed E-state index contributed by atoms with van der Waals surface area (Å²) in [5.74, 6) is 0.491. The van der Waals surface area contributed by atoms with Gasteiger partial charge in [0.05, 0.1) is 0 Å². The minimum absolute atomic E-state index is 0. The number of hydrogen-bond donors (Lipinski definition) is 0. The van der Waals surface area contributed by atoms with Gasteiger partial charge in [0.15, 0.2) is 0 Å². The Hall–Kier alpha value is -0.443. The molecular weight excluding hydrogens is 139 g/mol. The third-order valence-corrected chi connectivity index (χ3v) is 2.20. The molecule has 0 heterocycles. The normalized spacial score (nSPS) is 18.7. The van der Waals surface area contributed by atoms with Crippen LogP contribution in [0.3, 0.4) is 0 Å². The van der Waals surface area contributed by atoms with Crippen LogP contribution in [-0.4, -0.2) is 0 Å². The van der Waals surface area contributed by atoms with Gasteiger partial charge in [-0.25, -0.2) is 6.08 Å². The molecule has 0 N–H and O–H groups in total. The molecule has 2 rings (SSSR count). The van der Waals surface area contributed by atoms with Crippen LogP contribution in [0.4, 0.5) is 0 Å². The van der Waals surface area contributed by atoms with E-state index in [9.17, 15) is 0 Å². The smallest absolute Gasteiger partial charge is 0.269 e. The molecule has 1 atom stereocenters. The third-order valence-electron chi connectivity index (χ3n) is 2.20. The van der Waals surface area contributed by atoms with E-state index < -0.39 is 0 Å². The van der Waals surface area contributed by atoms with Crippen molar-refractivity contribution in [2.45, 2.75) is 19.8 Å². The Morgan fingerprint density at radius 2 is 2.08 bits per heavy atom. The molecule has 1 aliphatic rings. The molecule has 1 aromatic carbocycles. The number of fused-ring (bicyclic) bond motifs is 1. The Kier molecular flexibility index (Phi) is 2.83. The molecule has 0 spiro atoms. The fourth-order valence-corrected chi connectivity index (χ4v) is 1.51. The topological polar surface area (TPSA) is 0 Å². The standard InChI is InChI=1S/C11H11.Li/c1-8-3-5-10-6-4-9(2)11(10)7-8;/h3,5-7,9H,1-2H3;/q-1;+1. The quantitative estimate of drug-likeness (QED) is 0.359. The fraction of sp³-hybridized carbons (Fsp3) is 0.273. The van der Waals surface area contributed by atoms with Gasteiger partial charge in [-0.15, -0.1) is 11.6 Å². The monoisotopic (exact) mass is 150 g/mol. The second-order valence-electron chi connectivity index (χ2n) is 3.17. The van der Waals surface area contributed by atoms with Crippen molar-refractivity contribution in [3.8, 4) is 0 Å². The SMILES string of the molecule is Cc1ccc2c(c1)C(C)[C-]=C2.[Li+]. The number of rotatable bonds is 0. The van der Waals surface area contributed by atoms with Crippen molar-refractivity contribution in [1.29, 1.82) is 0 Å². The summed E-state index contributed by atoms with van der Waals surface area (Å²) in [5.41, 5.74) is 4.10. The van der Waals surface area contributed by atoms with Crippen LogP contribution in [0.2, 0.25) is 0 Å². The van der Waals surface area contributed by atoms with E-state index in [1.165, 1.54) is 16.7 Å². The van der Waals surface area contributed by atoms with E-state index in [-0.39, 0.29) is 18.9 Å². The van der Waals surface area contributed by atoms with Crippen molar-refractivity contribution in [2.24, 2.45) is 0 Å². The van der Waals surface area contributed by atoms with Gasteiger partial charge in [0.1, 0.15) is 0 Å². The van der Waals surface area contributed by atoms with E-state index >= 15 is 0 Å². The van der Waals surface area contributed by atoms with Crippen LogP contribution >= 0.6 is 0 Å². The van der Waals surface area contributed by atoms with Crippen LogP contribution < -0.4 is 18.9 Å². The maximum Gasteiger partial charge on any atom is 1.00 e. The zero-order valence-electron chi connectivity index (χ0n) is 7.89. The summed E-state index contributed by atoms with van der Waals surface area (Å²) in [5, 5.41) is 0. The first-order valence-electron chi connectivity index (χ1n) is 3.97. The van der Waals surface area contributed by atoms with Crippen LogP contribution in [0.15, 0.2) is 18.2 Å². The van der Waals surface area contributed by atoms with Gasteiger partial charge in [-0.3, -0.25) is 6.08 Å². The first-order valence-corrected chi connectivity index (χ1v) is 3.97. The largest absolute Gasteiger partial charge is 1.00 e. The first kappa shape index (κ1) is 9.64. The summed E-state index contributed by atoms with van der Waals surface area (Å²) in [6.07, 6.45) is 5.37. The molecule has 0 aromatic heterocycles. The van der Waals surface area contributed by atoms with Gasteiger partial charge >= 0.3 is 18.9 Å². The molecule has 0 saturated carbocycles. The average Bonchev–Trinajstić information content (AvgIpc) is 2.33. The van der Waals surface area contributed by atoms with E-state index in [1.807, 2.05) is 0 Å². The molecule has 0 bridgehead atoms. The fourth-order valence-electron chi connectivity index (χ4n) is 1.51. The molecule has 12 heavy (non-hydrogen) atoms. The predicted octanol–water partition coefficient (Wildman–Crippen LogP) is -0.0675. The van der Waals surface area contributed by atoms with E-state index in [1.54, 1.807) is 0 Å². The third kappa shape index (κ3) is 1.51. The van der Waals surface area contributed by atoms with Gasteiger partial charge in [-0.05, 0) is 6.92 Å². The molecule has 0 aliphatic heterocycles. The molecular formula is C11H11Li. The first-order chi connectivity index (χ1) is 5.27. The van der Waals surface area contributed by atoms with Gasteiger partial charge < -0.3 is 0 Å². The van der Waals surface area contributed by atoms with E-state index in [0.717, 1.165) is 0 Å². The summed E-state index contributed by atoms with van der Waals surface area (Å²) < 4.78 is 0. The van der Waals surface area contributed by atoms with Gasteiger partial charge in [-0.1, -0.05) is 30.5 Å². The number of benzene rings is 1. The van der Waals surface area contributed by atoms with Crippen molar-refractivity contribution < 1.29 is 18.9 Å². The van der Waals surface area contributed by atoms with Crippen LogP contribution in [0.5, 0.6) is 0 Å². The number of hydrogen-bond acceptors (Lipinski definition) is 0. The van der Waals surface area contributed by atoms with Gasteiger partial charge in [0.2, 0.25) is 0 Å². The Bertz CT molecular complexity index is 313. The zero-order chi connectivity index (χ0) is 7.84. The predicted molar refractivity (Wildman–Crippen MR) is 47.3 cm³/mol. The Morgan fingerprint density at radius 3 is 2.83 bits per heavy atom. The Morgan fingerprint density at radius 1 is 1.33 bits per heavy atom. The van der Waals surface area contributed by atoms with Crippen molar-refractivity contribution in [2.75, 3.05) is 0 Å². The number of aryl methyl sites for hydroxylation is 1. The molecule has 0 amide bonds. The molecule has 56 valence electrons. The molecule has 1 unspecified atom stereocenters. The molecule has 1 aliphatic carbocycles. The summed E-state index contributed by atoms with van der Waals surface area (Å²) >= 11 is 0. The van der Waals surface area contributed by atoms with E-state index in [0.29, 0.717) is 5.92 Å². The van der Waals surface area contributed by atoms with Gasteiger partial charge in [0, 0.05) is 0 Å². The van der Waals surface area contributed by atoms with Crippen LogP contribution in [0.25, 0.3) is 6.08 Å². The second kappa shape index (κ2) is 3.52. The minimum atomic E-state index is 0. The summed E-state index contributed by atoms with van der Waals surface area (Å²) in [7, 11) is 0. The van der Waals surface area contributed by atoms with Crippen molar-refractivity contribution in [1.82, 2.24) is 0 Å². The average molecular weight is 150 g/mol. The summed E-state index contributed by atoms with van der Waals surface area (Å²) in [6, 6.07) is 6.56. The Labute approximate surface area is 85.9 Å². The number of allylic oxidation sites excluding steroid dienone is 1. The summed E-state index contributed by atoms with van der Waals surface area (Å²) in [6.45, 7) is 4.31. The van der Waals surface area contributed by atoms with Crippen LogP contribution in [0.1, 0.15) is 29.5 Å². The van der Waals surface area contributed by atoms with E-state index in [2.05, 4.69) is 44.2 Å². The molecule has 0 saturated heterocycles. The zero-order valence-corrected chi connectivity index (χ0v) is 7.89. The second-order valence-corrected chi connectivity index (χ2v) is 3.17. The van der Waals surface area contributed by atoms with Crippen molar-refractivity contribution >= 4 is 6.08 Å². The molecule has 0 nitrogen and oxygen atoms in total. The van der Waals surface area contributed by atoms with Crippen molar-refractivity contribution in [3.63, 3.8) is 0 Å². The molecule has 1 aromatic rings. The van der Waals surface area contributed by atoms with Crippen LogP contribution in [-0.2, 0) is 0 Å². The van der Waals surface area contributed by atoms with Crippen LogP contribution in [0, 0.1) is 13.0 Å². The molecule has 1 heteroatoms. The molecule has 0 fully saturated rings. The minimum Gasteiger partial charge on any atom is -0.269 e. The maximum absolute atomic E-state index is 3.29. The van der Waals surface area contributed by atoms with Gasteiger partial charge in [-0.2, -0.15) is 5.56 Å². The Balaban J connectivity index is 0.000000720. The molecule has 0 radical (unpaired) electrons. The van der Waals surface area contributed by atoms with Crippen molar-refractivity contribution in [3.05, 3.63) is 41.0 Å². The van der Waals surface area contributed by atoms with E-state index in [4.69, 9.17) is 0 Å². The van der Waals surface area contributed by atoms with Gasteiger partial charge in [0.25, 0.3) is 0 Å². The maximum atomic E-state index is 3.29.